The number of hydrogen-bond donors (Lipinski definition) is 0. The summed E-state index contributed by atoms with van der Waals surface area (Å²) in [5, 5.41) is 9.10. The third-order valence-electron chi connectivity index (χ3n) is 3.73. The average molecular weight is 293 g/mol. The highest BCUT2D eigenvalue weighted by Gasteiger charge is 2.25. The molecule has 3 nitrogen and oxygen atoms in total. The van der Waals surface area contributed by atoms with Gasteiger partial charge in [0.2, 0.25) is 0 Å². The first-order valence-electron chi connectivity index (χ1n) is 8.25. The van der Waals surface area contributed by atoms with Crippen LogP contribution in [0, 0.1) is 22.7 Å². The van der Waals surface area contributed by atoms with Gasteiger partial charge in [0.25, 0.3) is 0 Å². The van der Waals surface area contributed by atoms with E-state index in [1.54, 1.807) is 0 Å². The molecule has 0 bridgehead atoms. The van der Waals surface area contributed by atoms with E-state index in [2.05, 4.69) is 13.0 Å². The number of hydrogen-bond acceptors (Lipinski definition) is 3. The molecule has 0 aliphatic heterocycles. The van der Waals surface area contributed by atoms with E-state index >= 15 is 0 Å². The summed E-state index contributed by atoms with van der Waals surface area (Å²) < 4.78 is 0. The summed E-state index contributed by atoms with van der Waals surface area (Å²) in [6, 6.07) is 2.11. The summed E-state index contributed by atoms with van der Waals surface area (Å²) in [7, 11) is 0. The van der Waals surface area contributed by atoms with Crippen LogP contribution in [-0.4, -0.2) is 11.6 Å². The standard InChI is InChI=1S/C18H31NO2/c1-5-6-7-8-9-10-11-16(20)12-15(14-19)13-17(21)18(2,3)4/h15H,5-13H2,1-4H3. The van der Waals surface area contributed by atoms with Gasteiger partial charge in [-0.1, -0.05) is 59.8 Å². The number of rotatable bonds is 11. The van der Waals surface area contributed by atoms with Crippen LogP contribution in [0.2, 0.25) is 0 Å². The molecule has 1 atom stereocenters. The maximum absolute atomic E-state index is 11.9. The zero-order valence-corrected chi connectivity index (χ0v) is 14.2. The first-order chi connectivity index (χ1) is 9.81. The van der Waals surface area contributed by atoms with Crippen LogP contribution in [0.3, 0.4) is 0 Å². The maximum Gasteiger partial charge on any atom is 0.139 e. The van der Waals surface area contributed by atoms with E-state index in [-0.39, 0.29) is 24.4 Å². The average Bonchev–Trinajstić information content (AvgIpc) is 2.40. The van der Waals surface area contributed by atoms with Gasteiger partial charge in [0, 0.05) is 24.7 Å². The topological polar surface area (TPSA) is 57.9 Å². The molecule has 0 aliphatic rings. The zero-order chi connectivity index (χ0) is 16.3. The summed E-state index contributed by atoms with van der Waals surface area (Å²) in [6.45, 7) is 7.73. The zero-order valence-electron chi connectivity index (χ0n) is 14.2. The summed E-state index contributed by atoms with van der Waals surface area (Å²) in [5.74, 6) is -0.274. The molecule has 0 rings (SSSR count). The van der Waals surface area contributed by atoms with Crippen molar-refractivity contribution in [3.8, 4) is 6.07 Å². The monoisotopic (exact) mass is 293 g/mol. The number of carbonyl (C=O) groups is 2. The minimum Gasteiger partial charge on any atom is -0.300 e. The Labute approximate surface area is 130 Å². The first kappa shape index (κ1) is 19.8. The molecule has 0 N–H and O–H groups in total. The lowest BCUT2D eigenvalue weighted by atomic mass is 9.84. The van der Waals surface area contributed by atoms with E-state index in [0.717, 1.165) is 12.8 Å². The van der Waals surface area contributed by atoms with E-state index in [0.29, 0.717) is 6.42 Å². The summed E-state index contributed by atoms with van der Waals surface area (Å²) >= 11 is 0. The molecule has 0 aromatic heterocycles. The van der Waals surface area contributed by atoms with Gasteiger partial charge in [-0.2, -0.15) is 5.26 Å². The smallest absolute Gasteiger partial charge is 0.139 e. The minimum atomic E-state index is -0.454. The third-order valence-corrected chi connectivity index (χ3v) is 3.73. The van der Waals surface area contributed by atoms with Crippen LogP contribution in [0.15, 0.2) is 0 Å². The van der Waals surface area contributed by atoms with Crippen LogP contribution in [0.5, 0.6) is 0 Å². The van der Waals surface area contributed by atoms with Crippen LogP contribution in [-0.2, 0) is 9.59 Å². The molecule has 0 fully saturated rings. The van der Waals surface area contributed by atoms with Crippen molar-refractivity contribution in [2.75, 3.05) is 0 Å². The van der Waals surface area contributed by atoms with Gasteiger partial charge in [-0.3, -0.25) is 9.59 Å². The summed E-state index contributed by atoms with van der Waals surface area (Å²) in [6.07, 6.45) is 7.89. The van der Waals surface area contributed by atoms with Crippen molar-refractivity contribution < 1.29 is 9.59 Å². The Morgan fingerprint density at radius 3 is 2.10 bits per heavy atom. The molecule has 3 heteroatoms. The van der Waals surface area contributed by atoms with Crippen LogP contribution in [0.25, 0.3) is 0 Å². The molecule has 0 aliphatic carbocycles. The van der Waals surface area contributed by atoms with Crippen molar-refractivity contribution >= 4 is 11.6 Å². The van der Waals surface area contributed by atoms with Gasteiger partial charge < -0.3 is 0 Å². The van der Waals surface area contributed by atoms with Gasteiger partial charge in [-0.05, 0) is 6.42 Å². The minimum absolute atomic E-state index is 0.0569. The Hall–Kier alpha value is -1.17. The number of nitriles is 1. The fourth-order valence-electron chi connectivity index (χ4n) is 2.17. The predicted octanol–water partition coefficient (Wildman–Crippen LogP) is 4.84. The van der Waals surface area contributed by atoms with Crippen LogP contribution in [0.4, 0.5) is 0 Å². The normalized spacial score (nSPS) is 12.7. The second-order valence-electron chi connectivity index (χ2n) is 6.96. The lowest BCUT2D eigenvalue weighted by molar-refractivity contribution is -0.127. The van der Waals surface area contributed by atoms with Gasteiger partial charge in [0.15, 0.2) is 0 Å². The molecule has 0 radical (unpaired) electrons. The third kappa shape index (κ3) is 10.2. The highest BCUT2D eigenvalue weighted by Crippen LogP contribution is 2.22. The summed E-state index contributed by atoms with van der Waals surface area (Å²) in [5.41, 5.74) is -0.433. The second kappa shape index (κ2) is 10.5. The Bertz CT molecular complexity index is 360. The molecule has 0 saturated heterocycles. The molecule has 0 aromatic rings. The Kier molecular flexibility index (Phi) is 9.95. The molecule has 0 saturated carbocycles. The fourth-order valence-corrected chi connectivity index (χ4v) is 2.17. The summed E-state index contributed by atoms with van der Waals surface area (Å²) in [4.78, 5) is 23.8. The number of unbranched alkanes of at least 4 members (excludes halogenated alkanes) is 5. The van der Waals surface area contributed by atoms with E-state index in [9.17, 15) is 9.59 Å². The SMILES string of the molecule is CCCCCCCCC(=O)CC(C#N)CC(=O)C(C)(C)C. The molecule has 1 unspecified atom stereocenters. The maximum atomic E-state index is 11.9. The molecule has 0 amide bonds. The van der Waals surface area contributed by atoms with Crippen molar-refractivity contribution in [2.24, 2.45) is 11.3 Å². The molecular formula is C18H31NO2. The lowest BCUT2D eigenvalue weighted by Gasteiger charge is -2.18. The molecule has 21 heavy (non-hydrogen) atoms. The molecular weight excluding hydrogens is 262 g/mol. The highest BCUT2D eigenvalue weighted by molar-refractivity contribution is 5.85. The lowest BCUT2D eigenvalue weighted by Crippen LogP contribution is -2.23. The molecule has 0 heterocycles. The highest BCUT2D eigenvalue weighted by atomic mass is 16.1. The van der Waals surface area contributed by atoms with Crippen LogP contribution < -0.4 is 0 Å². The van der Waals surface area contributed by atoms with Gasteiger partial charge in [-0.25, -0.2) is 0 Å². The van der Waals surface area contributed by atoms with E-state index in [1.165, 1.54) is 25.7 Å². The van der Waals surface area contributed by atoms with Crippen molar-refractivity contribution in [3.05, 3.63) is 0 Å². The largest absolute Gasteiger partial charge is 0.300 e. The number of ketones is 2. The van der Waals surface area contributed by atoms with Crippen molar-refractivity contribution in [2.45, 2.75) is 85.5 Å². The molecule has 0 aromatic carbocycles. The quantitative estimate of drug-likeness (QED) is 0.512. The van der Waals surface area contributed by atoms with E-state index < -0.39 is 11.3 Å². The second-order valence-corrected chi connectivity index (χ2v) is 6.96. The van der Waals surface area contributed by atoms with Crippen LogP contribution >= 0.6 is 0 Å². The van der Waals surface area contributed by atoms with Gasteiger partial charge in [0.05, 0.1) is 12.0 Å². The van der Waals surface area contributed by atoms with E-state index in [4.69, 9.17) is 5.26 Å². The Morgan fingerprint density at radius 2 is 1.57 bits per heavy atom. The molecule has 120 valence electrons. The Morgan fingerprint density at radius 1 is 1.00 bits per heavy atom. The number of carbonyl (C=O) groups excluding carboxylic acids is 2. The number of nitrogens with zero attached hydrogens (tertiary/aromatic N) is 1. The Balaban J connectivity index is 3.95. The van der Waals surface area contributed by atoms with Crippen LogP contribution in [0.1, 0.15) is 85.5 Å². The van der Waals surface area contributed by atoms with Gasteiger partial charge >= 0.3 is 0 Å². The molecule has 0 spiro atoms. The van der Waals surface area contributed by atoms with Gasteiger partial charge in [-0.15, -0.1) is 0 Å². The van der Waals surface area contributed by atoms with Crippen molar-refractivity contribution in [1.82, 2.24) is 0 Å². The predicted molar refractivity (Wildman–Crippen MR) is 85.8 cm³/mol. The van der Waals surface area contributed by atoms with Crippen molar-refractivity contribution in [1.29, 1.82) is 5.26 Å². The van der Waals surface area contributed by atoms with E-state index in [1.807, 2.05) is 20.8 Å². The van der Waals surface area contributed by atoms with Crippen molar-refractivity contribution in [3.63, 3.8) is 0 Å². The number of Topliss-reactive ketones (excluding diaryl/α,β-unsaturated/α-hetero) is 2. The fraction of sp³-hybridized carbons (Fsp3) is 0.833. The van der Waals surface area contributed by atoms with Gasteiger partial charge in [0.1, 0.15) is 11.6 Å². The first-order valence-corrected chi connectivity index (χ1v) is 8.25.